The molecule has 0 fully saturated rings. The van der Waals surface area contributed by atoms with Gasteiger partial charge in [0.2, 0.25) is 0 Å². The summed E-state index contributed by atoms with van der Waals surface area (Å²) in [6.07, 6.45) is 8.88. The van der Waals surface area contributed by atoms with Crippen molar-refractivity contribution in [3.63, 3.8) is 0 Å². The summed E-state index contributed by atoms with van der Waals surface area (Å²) in [6.45, 7) is 5.56. The lowest BCUT2D eigenvalue weighted by Crippen LogP contribution is -1.91. The lowest BCUT2D eigenvalue weighted by atomic mass is 10.0. The number of nitrogens with zero attached hydrogens (tertiary/aromatic N) is 3. The van der Waals surface area contributed by atoms with Gasteiger partial charge >= 0.3 is 0 Å². The molecular weight excluding hydrogens is 409 g/mol. The number of pyridine rings is 1. The third-order valence-corrected chi connectivity index (χ3v) is 5.80. The molecular formula is C24H18FN5S. The third-order valence-electron chi connectivity index (χ3n) is 5.12. The summed E-state index contributed by atoms with van der Waals surface area (Å²) in [6, 6.07) is 7.44. The number of thiophene rings is 1. The first-order chi connectivity index (χ1) is 15.2. The Balaban J connectivity index is 1.70. The van der Waals surface area contributed by atoms with Crippen molar-refractivity contribution in [1.29, 1.82) is 0 Å². The van der Waals surface area contributed by atoms with E-state index in [1.807, 2.05) is 48.0 Å². The number of allylic oxidation sites excluding steroid dienone is 5. The van der Waals surface area contributed by atoms with Crippen LogP contribution in [0.4, 0.5) is 4.39 Å². The lowest BCUT2D eigenvalue weighted by molar-refractivity contribution is 0.636. The van der Waals surface area contributed by atoms with Crippen LogP contribution in [0.3, 0.4) is 0 Å². The zero-order valence-corrected chi connectivity index (χ0v) is 17.5. The molecule has 5 aromatic rings. The second kappa shape index (κ2) is 7.77. The fourth-order valence-electron chi connectivity index (χ4n) is 3.64. The molecule has 0 spiro atoms. The second-order valence-corrected chi connectivity index (χ2v) is 7.69. The molecule has 4 aromatic heterocycles. The minimum absolute atomic E-state index is 0.347. The highest BCUT2D eigenvalue weighted by Crippen LogP contribution is 2.34. The lowest BCUT2D eigenvalue weighted by Gasteiger charge is -2.05. The highest BCUT2D eigenvalue weighted by molar-refractivity contribution is 7.08. The van der Waals surface area contributed by atoms with Gasteiger partial charge in [-0.05, 0) is 42.1 Å². The first-order valence-electron chi connectivity index (χ1n) is 9.71. The maximum absolute atomic E-state index is 15.7. The fraction of sp³-hybridized carbons (Fsp3) is 0.0417. The molecule has 0 amide bonds. The van der Waals surface area contributed by atoms with E-state index in [-0.39, 0.29) is 5.82 Å². The van der Waals surface area contributed by atoms with Crippen LogP contribution in [-0.4, -0.2) is 25.1 Å². The summed E-state index contributed by atoms with van der Waals surface area (Å²) in [5, 5.41) is 11.7. The Hall–Kier alpha value is -3.84. The van der Waals surface area contributed by atoms with Crippen LogP contribution in [0.1, 0.15) is 12.5 Å². The molecule has 0 saturated heterocycles. The fourth-order valence-corrected chi connectivity index (χ4v) is 4.28. The van der Waals surface area contributed by atoms with Crippen LogP contribution in [0.2, 0.25) is 0 Å². The molecule has 0 saturated carbocycles. The minimum atomic E-state index is -0.347. The van der Waals surface area contributed by atoms with Crippen molar-refractivity contribution in [2.45, 2.75) is 6.92 Å². The number of hydrogen-bond acceptors (Lipinski definition) is 4. The van der Waals surface area contributed by atoms with Gasteiger partial charge in [-0.15, -0.1) is 0 Å². The largest absolute Gasteiger partial charge is 0.336 e. The van der Waals surface area contributed by atoms with E-state index in [0.29, 0.717) is 28.0 Å². The Morgan fingerprint density at radius 1 is 1.16 bits per heavy atom. The standard InChI is InChI=1S/C24H18FN5S/c1-3-5-6-14(4-2)16-7-8-17-19(20(16)25)23(30-29-17)24-27-18-9-11-26-21(22(18)28-24)15-10-12-31-13-15/h3-13H,1H2,2H3,(H,27,28)(H,29,30)/b6-5-,14-4+. The Morgan fingerprint density at radius 2 is 2.06 bits per heavy atom. The van der Waals surface area contributed by atoms with Gasteiger partial charge in [-0.1, -0.05) is 30.9 Å². The molecule has 0 bridgehead atoms. The van der Waals surface area contributed by atoms with Crippen LogP contribution in [0.25, 0.3) is 50.3 Å². The normalized spacial score (nSPS) is 12.4. The summed E-state index contributed by atoms with van der Waals surface area (Å²) in [5.41, 5.74) is 5.64. The van der Waals surface area contributed by atoms with Gasteiger partial charge in [0.25, 0.3) is 0 Å². The van der Waals surface area contributed by atoms with Crippen LogP contribution in [0, 0.1) is 5.82 Å². The first-order valence-corrected chi connectivity index (χ1v) is 10.7. The molecule has 5 nitrogen and oxygen atoms in total. The summed E-state index contributed by atoms with van der Waals surface area (Å²) in [7, 11) is 0. The van der Waals surface area contributed by atoms with Gasteiger partial charge in [-0.25, -0.2) is 9.37 Å². The van der Waals surface area contributed by atoms with E-state index in [2.05, 4.69) is 26.7 Å². The number of aromatic nitrogens is 5. The Morgan fingerprint density at radius 3 is 2.84 bits per heavy atom. The van der Waals surface area contributed by atoms with Gasteiger partial charge in [-0.2, -0.15) is 16.4 Å². The second-order valence-electron chi connectivity index (χ2n) is 6.91. The number of nitrogens with one attached hydrogen (secondary N) is 2. The highest BCUT2D eigenvalue weighted by atomic mass is 32.1. The van der Waals surface area contributed by atoms with E-state index in [1.165, 1.54) is 0 Å². The van der Waals surface area contributed by atoms with Crippen LogP contribution in [0.15, 0.2) is 72.1 Å². The van der Waals surface area contributed by atoms with Crippen molar-refractivity contribution in [2.24, 2.45) is 0 Å². The molecule has 4 heterocycles. The molecule has 31 heavy (non-hydrogen) atoms. The number of rotatable bonds is 5. The Bertz CT molecular complexity index is 1470. The maximum Gasteiger partial charge on any atom is 0.159 e. The number of halogens is 1. The van der Waals surface area contributed by atoms with Gasteiger partial charge < -0.3 is 4.98 Å². The first kappa shape index (κ1) is 19.1. The number of imidazole rings is 1. The smallest absolute Gasteiger partial charge is 0.159 e. The monoisotopic (exact) mass is 427 g/mol. The molecule has 7 heteroatoms. The SMILES string of the molecule is C=C/C=C\C(=C/C)c1ccc2[nH]nc(-c3nc4c(-c5ccsc5)nccc4[nH]3)c2c1F. The number of benzene rings is 1. The summed E-state index contributed by atoms with van der Waals surface area (Å²) in [5.74, 6) is 0.144. The van der Waals surface area contributed by atoms with E-state index in [4.69, 9.17) is 4.98 Å². The molecule has 0 radical (unpaired) electrons. The molecule has 1 aromatic carbocycles. The molecule has 2 N–H and O–H groups in total. The van der Waals surface area contributed by atoms with Crippen molar-refractivity contribution in [1.82, 2.24) is 25.1 Å². The van der Waals surface area contributed by atoms with Crippen LogP contribution < -0.4 is 0 Å². The minimum Gasteiger partial charge on any atom is -0.336 e. The molecule has 0 aliphatic rings. The van der Waals surface area contributed by atoms with E-state index < -0.39 is 0 Å². The number of aromatic amines is 2. The van der Waals surface area contributed by atoms with Crippen molar-refractivity contribution < 1.29 is 4.39 Å². The molecule has 0 aliphatic carbocycles. The van der Waals surface area contributed by atoms with Crippen molar-refractivity contribution in [3.05, 3.63) is 83.5 Å². The Labute approximate surface area is 181 Å². The quantitative estimate of drug-likeness (QED) is 0.314. The Kier molecular flexibility index (Phi) is 4.80. The third kappa shape index (κ3) is 3.19. The topological polar surface area (TPSA) is 70.2 Å². The predicted molar refractivity (Wildman–Crippen MR) is 125 cm³/mol. The molecule has 0 unspecified atom stereocenters. The average molecular weight is 428 g/mol. The maximum atomic E-state index is 15.7. The van der Waals surface area contributed by atoms with Gasteiger partial charge in [0.05, 0.1) is 22.1 Å². The van der Waals surface area contributed by atoms with E-state index in [1.54, 1.807) is 35.8 Å². The number of hydrogen-bond donors (Lipinski definition) is 2. The summed E-state index contributed by atoms with van der Waals surface area (Å²) < 4.78 is 15.7. The summed E-state index contributed by atoms with van der Waals surface area (Å²) in [4.78, 5) is 12.5. The molecule has 0 atom stereocenters. The van der Waals surface area contributed by atoms with E-state index in [0.717, 1.165) is 27.9 Å². The highest BCUT2D eigenvalue weighted by Gasteiger charge is 2.20. The van der Waals surface area contributed by atoms with Crippen LogP contribution in [-0.2, 0) is 0 Å². The van der Waals surface area contributed by atoms with Crippen molar-refractivity contribution >= 4 is 38.8 Å². The van der Waals surface area contributed by atoms with Gasteiger partial charge in [0.1, 0.15) is 17.0 Å². The van der Waals surface area contributed by atoms with E-state index >= 15 is 4.39 Å². The van der Waals surface area contributed by atoms with Crippen LogP contribution in [0.5, 0.6) is 0 Å². The summed E-state index contributed by atoms with van der Waals surface area (Å²) >= 11 is 1.60. The zero-order chi connectivity index (χ0) is 21.4. The molecule has 5 rings (SSSR count). The van der Waals surface area contributed by atoms with Crippen molar-refractivity contribution in [3.8, 4) is 22.8 Å². The van der Waals surface area contributed by atoms with Crippen molar-refractivity contribution in [2.75, 3.05) is 0 Å². The molecule has 152 valence electrons. The van der Waals surface area contributed by atoms with Crippen LogP contribution >= 0.6 is 11.3 Å². The van der Waals surface area contributed by atoms with Gasteiger partial charge in [-0.3, -0.25) is 10.1 Å². The number of fused-ring (bicyclic) bond motifs is 2. The predicted octanol–water partition coefficient (Wildman–Crippen LogP) is 6.51. The number of H-pyrrole nitrogens is 2. The average Bonchev–Trinajstić information content (AvgIpc) is 3.53. The zero-order valence-electron chi connectivity index (χ0n) is 16.7. The van der Waals surface area contributed by atoms with Gasteiger partial charge in [0.15, 0.2) is 5.82 Å². The van der Waals surface area contributed by atoms with E-state index in [9.17, 15) is 0 Å². The molecule has 0 aliphatic heterocycles. The van der Waals surface area contributed by atoms with Gasteiger partial charge in [0, 0.05) is 22.7 Å².